The summed E-state index contributed by atoms with van der Waals surface area (Å²) in [6.45, 7) is 6.35. The molecule has 3 aliphatic rings. The third-order valence-corrected chi connectivity index (χ3v) is 8.52. The molecule has 1 amide bonds. The van der Waals surface area contributed by atoms with E-state index in [4.69, 9.17) is 9.84 Å². The molecule has 3 aliphatic heterocycles. The van der Waals surface area contributed by atoms with E-state index in [1.54, 1.807) is 31.1 Å². The molecule has 1 atom stereocenters. The standard InChI is InChI=1S/C28H34F3N7O2/c1-17-14-37(26-12-23(28(29,30)31)21(11-25(26)35(17)4)19-13-32-34(3)15-19)27-22-16-36(18(2)39)8-5-24(22)38(33-27)20-6-9-40-10-7-20/h11-13,15,17,20H,5-10,14,16H2,1-4H3/t17-/m0/s1. The molecule has 0 radical (unpaired) electrons. The fourth-order valence-corrected chi connectivity index (χ4v) is 6.18. The molecule has 1 fully saturated rings. The predicted octanol–water partition coefficient (Wildman–Crippen LogP) is 4.53. The number of rotatable bonds is 3. The Balaban J connectivity index is 1.54. The maximum Gasteiger partial charge on any atom is 0.417 e. The molecule has 9 nitrogen and oxygen atoms in total. The van der Waals surface area contributed by atoms with Crippen molar-refractivity contribution in [2.45, 2.75) is 57.9 Å². The summed E-state index contributed by atoms with van der Waals surface area (Å²) in [5.41, 5.74) is 2.93. The van der Waals surface area contributed by atoms with Gasteiger partial charge in [0.1, 0.15) is 0 Å². The number of anilines is 3. The summed E-state index contributed by atoms with van der Waals surface area (Å²) in [6.07, 6.45) is 0.800. The second-order valence-corrected chi connectivity index (χ2v) is 11.1. The number of aromatic nitrogens is 4. The van der Waals surface area contributed by atoms with Crippen LogP contribution in [0.4, 0.5) is 30.4 Å². The Morgan fingerprint density at radius 3 is 2.52 bits per heavy atom. The molecule has 1 aromatic carbocycles. The highest BCUT2D eigenvalue weighted by Gasteiger charge is 2.40. The number of ether oxygens (including phenoxy) is 1. The smallest absolute Gasteiger partial charge is 0.381 e. The molecule has 0 aliphatic carbocycles. The van der Waals surface area contributed by atoms with Gasteiger partial charge < -0.3 is 19.4 Å². The van der Waals surface area contributed by atoms with Crippen LogP contribution in [-0.4, -0.2) is 69.8 Å². The van der Waals surface area contributed by atoms with Gasteiger partial charge in [-0.05, 0) is 37.5 Å². The van der Waals surface area contributed by atoms with Gasteiger partial charge in [-0.1, -0.05) is 0 Å². The molecule has 0 saturated carbocycles. The Bertz CT molecular complexity index is 1440. The zero-order chi connectivity index (χ0) is 28.3. The van der Waals surface area contributed by atoms with Gasteiger partial charge in [-0.2, -0.15) is 23.4 Å². The van der Waals surface area contributed by atoms with Gasteiger partial charge in [0.05, 0.1) is 35.7 Å². The van der Waals surface area contributed by atoms with Crippen LogP contribution in [0.15, 0.2) is 24.5 Å². The molecule has 2 aromatic heterocycles. The van der Waals surface area contributed by atoms with Crippen molar-refractivity contribution in [1.29, 1.82) is 0 Å². The highest BCUT2D eigenvalue weighted by molar-refractivity contribution is 5.86. The first kappa shape index (κ1) is 26.7. The molecule has 214 valence electrons. The van der Waals surface area contributed by atoms with Crippen molar-refractivity contribution in [3.8, 4) is 11.1 Å². The maximum atomic E-state index is 14.5. The van der Waals surface area contributed by atoms with Crippen LogP contribution >= 0.6 is 0 Å². The van der Waals surface area contributed by atoms with Crippen molar-refractivity contribution in [3.63, 3.8) is 0 Å². The molecule has 3 aromatic rings. The largest absolute Gasteiger partial charge is 0.417 e. The summed E-state index contributed by atoms with van der Waals surface area (Å²) in [5, 5.41) is 9.22. The predicted molar refractivity (Wildman–Crippen MR) is 145 cm³/mol. The first-order chi connectivity index (χ1) is 19.0. The summed E-state index contributed by atoms with van der Waals surface area (Å²) in [7, 11) is 3.60. The minimum Gasteiger partial charge on any atom is -0.381 e. The fraction of sp³-hybridized carbons (Fsp3) is 0.536. The van der Waals surface area contributed by atoms with E-state index in [1.165, 1.54) is 16.9 Å². The van der Waals surface area contributed by atoms with E-state index in [-0.39, 0.29) is 23.6 Å². The van der Waals surface area contributed by atoms with Crippen LogP contribution in [0, 0.1) is 0 Å². The van der Waals surface area contributed by atoms with Crippen LogP contribution < -0.4 is 9.80 Å². The number of fused-ring (bicyclic) bond motifs is 2. The Hall–Kier alpha value is -3.54. The molecule has 0 spiro atoms. The van der Waals surface area contributed by atoms with E-state index in [9.17, 15) is 18.0 Å². The number of halogens is 3. The first-order valence-electron chi connectivity index (χ1n) is 13.7. The number of hydrogen-bond acceptors (Lipinski definition) is 6. The summed E-state index contributed by atoms with van der Waals surface area (Å²) in [4.78, 5) is 18.1. The van der Waals surface area contributed by atoms with Crippen molar-refractivity contribution >= 4 is 23.1 Å². The van der Waals surface area contributed by atoms with E-state index in [0.29, 0.717) is 62.0 Å². The number of benzene rings is 1. The minimum atomic E-state index is -4.57. The Kier molecular flexibility index (Phi) is 6.55. The Morgan fingerprint density at radius 1 is 1.12 bits per heavy atom. The van der Waals surface area contributed by atoms with Crippen LogP contribution in [0.25, 0.3) is 11.1 Å². The van der Waals surface area contributed by atoms with Crippen LogP contribution in [0.2, 0.25) is 0 Å². The molecule has 12 heteroatoms. The monoisotopic (exact) mass is 557 g/mol. The highest BCUT2D eigenvalue weighted by atomic mass is 19.4. The van der Waals surface area contributed by atoms with Crippen molar-refractivity contribution in [3.05, 3.63) is 41.3 Å². The van der Waals surface area contributed by atoms with Crippen LogP contribution in [0.1, 0.15) is 49.6 Å². The molecule has 1 saturated heterocycles. The van der Waals surface area contributed by atoms with Gasteiger partial charge in [-0.15, -0.1) is 0 Å². The second-order valence-electron chi connectivity index (χ2n) is 11.1. The van der Waals surface area contributed by atoms with E-state index in [1.807, 2.05) is 16.8 Å². The van der Waals surface area contributed by atoms with E-state index in [2.05, 4.69) is 16.7 Å². The van der Waals surface area contributed by atoms with Crippen LogP contribution in [0.3, 0.4) is 0 Å². The number of alkyl halides is 3. The van der Waals surface area contributed by atoms with Gasteiger partial charge in [0, 0.05) is 82.8 Å². The van der Waals surface area contributed by atoms with Gasteiger partial charge in [0.2, 0.25) is 5.91 Å². The summed E-state index contributed by atoms with van der Waals surface area (Å²) in [6, 6.07) is 3.04. The maximum absolute atomic E-state index is 14.5. The van der Waals surface area contributed by atoms with Crippen molar-refractivity contribution in [1.82, 2.24) is 24.5 Å². The molecule has 40 heavy (non-hydrogen) atoms. The summed E-state index contributed by atoms with van der Waals surface area (Å²) >= 11 is 0. The normalized spacial score (nSPS) is 20.1. The quantitative estimate of drug-likeness (QED) is 0.471. The molecule has 6 rings (SSSR count). The molecular formula is C28H34F3N7O2. The second kappa shape index (κ2) is 9.83. The van der Waals surface area contributed by atoms with E-state index in [0.717, 1.165) is 24.1 Å². The lowest BCUT2D eigenvalue weighted by Crippen LogP contribution is -2.44. The molecule has 0 unspecified atom stereocenters. The third kappa shape index (κ3) is 4.51. The Labute approximate surface area is 231 Å². The molecular weight excluding hydrogens is 523 g/mol. The zero-order valence-electron chi connectivity index (χ0n) is 23.2. The van der Waals surface area contributed by atoms with Gasteiger partial charge in [0.15, 0.2) is 5.82 Å². The number of nitrogens with zero attached hydrogens (tertiary/aromatic N) is 7. The summed E-state index contributed by atoms with van der Waals surface area (Å²) < 4.78 is 52.8. The topological polar surface area (TPSA) is 71.7 Å². The lowest BCUT2D eigenvalue weighted by Gasteiger charge is -2.42. The van der Waals surface area contributed by atoms with Crippen molar-refractivity contribution in [2.75, 3.05) is 43.2 Å². The first-order valence-corrected chi connectivity index (χ1v) is 13.7. The van der Waals surface area contributed by atoms with Gasteiger partial charge in [-0.25, -0.2) is 0 Å². The minimum absolute atomic E-state index is 0.00219. The number of carbonyl (C=O) groups excluding carboxylic acids is 1. The van der Waals surface area contributed by atoms with Gasteiger partial charge in [0.25, 0.3) is 0 Å². The molecule has 5 heterocycles. The fourth-order valence-electron chi connectivity index (χ4n) is 6.18. The zero-order valence-corrected chi connectivity index (χ0v) is 23.2. The van der Waals surface area contributed by atoms with Crippen LogP contribution in [0.5, 0.6) is 0 Å². The van der Waals surface area contributed by atoms with Crippen molar-refractivity contribution in [2.24, 2.45) is 7.05 Å². The lowest BCUT2D eigenvalue weighted by molar-refractivity contribution is -0.137. The van der Waals surface area contributed by atoms with Crippen LogP contribution in [-0.2, 0) is 35.7 Å². The molecule has 0 bridgehead atoms. The number of likely N-dealkylation sites (N-methyl/N-ethyl adjacent to an activating group) is 1. The van der Waals surface area contributed by atoms with Gasteiger partial charge in [-0.3, -0.25) is 14.2 Å². The summed E-state index contributed by atoms with van der Waals surface area (Å²) in [5.74, 6) is 0.610. The van der Waals surface area contributed by atoms with Crippen molar-refractivity contribution < 1.29 is 22.7 Å². The average Bonchev–Trinajstić information content (AvgIpc) is 3.53. The highest BCUT2D eigenvalue weighted by Crippen LogP contribution is 2.48. The number of amides is 1. The van der Waals surface area contributed by atoms with E-state index < -0.39 is 11.7 Å². The molecule has 0 N–H and O–H groups in total. The van der Waals surface area contributed by atoms with E-state index >= 15 is 0 Å². The SMILES string of the molecule is CC(=O)N1CCc2c(c(N3C[C@H](C)N(C)c4cc(-c5cnn(C)c5)c(C(F)(F)F)cc43)nn2C2CCOCC2)C1. The number of aryl methyl sites for hydroxylation is 1. The number of carbonyl (C=O) groups is 1. The van der Waals surface area contributed by atoms with Gasteiger partial charge >= 0.3 is 6.18 Å². The lowest BCUT2D eigenvalue weighted by atomic mass is 9.96. The number of hydrogen-bond donors (Lipinski definition) is 0. The third-order valence-electron chi connectivity index (χ3n) is 8.52. The Morgan fingerprint density at radius 2 is 1.88 bits per heavy atom. The average molecular weight is 558 g/mol.